The average molecular weight is 409 g/mol. The van der Waals surface area contributed by atoms with Crippen LogP contribution in [0, 0.1) is 5.92 Å². The van der Waals surface area contributed by atoms with Crippen molar-refractivity contribution in [2.75, 3.05) is 13.4 Å². The molecule has 0 aromatic heterocycles. The predicted octanol–water partition coefficient (Wildman–Crippen LogP) is 3.23. The van der Waals surface area contributed by atoms with Crippen LogP contribution in [0.1, 0.15) is 23.7 Å². The lowest BCUT2D eigenvalue weighted by Gasteiger charge is -2.27. The molecule has 1 fully saturated rings. The smallest absolute Gasteiger partial charge is 0.416 e. The summed E-state index contributed by atoms with van der Waals surface area (Å²) < 4.78 is 15.8. The summed E-state index contributed by atoms with van der Waals surface area (Å²) in [6.07, 6.45) is 0.422. The number of hydrogen-bond acceptors (Lipinski definition) is 6. The number of cyclic esters (lactones) is 1. The second-order valence-electron chi connectivity index (χ2n) is 7.32. The van der Waals surface area contributed by atoms with Crippen molar-refractivity contribution >= 4 is 12.0 Å². The van der Waals surface area contributed by atoms with Gasteiger partial charge in [-0.25, -0.2) is 9.69 Å². The molecule has 156 valence electrons. The van der Waals surface area contributed by atoms with Gasteiger partial charge in [-0.1, -0.05) is 42.5 Å². The van der Waals surface area contributed by atoms with Gasteiger partial charge < -0.3 is 19.3 Å². The molecule has 30 heavy (non-hydrogen) atoms. The average Bonchev–Trinajstić information content (AvgIpc) is 3.37. The minimum atomic E-state index is -1.14. The highest BCUT2D eigenvalue weighted by Gasteiger charge is 2.42. The molecule has 1 saturated heterocycles. The summed E-state index contributed by atoms with van der Waals surface area (Å²) in [5.41, 5.74) is 1.50. The van der Waals surface area contributed by atoms with Gasteiger partial charge in [-0.05, 0) is 36.1 Å². The molecule has 2 aliphatic heterocycles. The molecule has 0 aliphatic carbocycles. The third kappa shape index (κ3) is 3.89. The molecule has 0 spiro atoms. The summed E-state index contributed by atoms with van der Waals surface area (Å²) in [7, 11) is 0. The Kier molecular flexibility index (Phi) is 5.72. The van der Waals surface area contributed by atoms with Crippen LogP contribution in [-0.2, 0) is 16.0 Å². The van der Waals surface area contributed by atoms with E-state index in [1.54, 1.807) is 24.3 Å². The van der Waals surface area contributed by atoms with Gasteiger partial charge in [-0.15, -0.1) is 6.58 Å². The highest BCUT2D eigenvalue weighted by molar-refractivity contribution is 5.95. The number of aliphatic hydroxyl groups is 1. The molecular formula is C23H23NO6. The number of allylic oxidation sites excluding steroid dienone is 1. The Labute approximate surface area is 174 Å². The van der Waals surface area contributed by atoms with Gasteiger partial charge in [-0.2, -0.15) is 0 Å². The zero-order valence-electron chi connectivity index (χ0n) is 16.4. The van der Waals surface area contributed by atoms with E-state index in [0.717, 1.165) is 10.5 Å². The number of ether oxygens (including phenoxy) is 3. The molecule has 0 bridgehead atoms. The van der Waals surface area contributed by atoms with Crippen LogP contribution in [0.2, 0.25) is 0 Å². The third-order valence-electron chi connectivity index (χ3n) is 5.37. The van der Waals surface area contributed by atoms with E-state index >= 15 is 0 Å². The van der Waals surface area contributed by atoms with Gasteiger partial charge in [-0.3, -0.25) is 4.79 Å². The molecule has 3 atom stereocenters. The maximum atomic E-state index is 13.4. The van der Waals surface area contributed by atoms with E-state index < -0.39 is 30.1 Å². The maximum Gasteiger partial charge on any atom is 0.416 e. The molecule has 2 aromatic rings. The summed E-state index contributed by atoms with van der Waals surface area (Å²) in [4.78, 5) is 26.9. The monoisotopic (exact) mass is 409 g/mol. The predicted molar refractivity (Wildman–Crippen MR) is 108 cm³/mol. The molecule has 2 heterocycles. The fourth-order valence-corrected chi connectivity index (χ4v) is 3.82. The number of hydrogen-bond donors (Lipinski definition) is 1. The number of benzene rings is 2. The van der Waals surface area contributed by atoms with E-state index in [1.165, 1.54) is 0 Å². The van der Waals surface area contributed by atoms with Gasteiger partial charge in [0.05, 0.1) is 18.1 Å². The lowest BCUT2D eigenvalue weighted by Crippen LogP contribution is -2.45. The van der Waals surface area contributed by atoms with Crippen molar-refractivity contribution in [2.45, 2.75) is 25.0 Å². The molecule has 0 saturated carbocycles. The summed E-state index contributed by atoms with van der Waals surface area (Å²) in [5, 5.41) is 11.0. The van der Waals surface area contributed by atoms with Gasteiger partial charge in [0.2, 0.25) is 12.7 Å². The quantitative estimate of drug-likeness (QED) is 0.707. The van der Waals surface area contributed by atoms with Crippen molar-refractivity contribution in [2.24, 2.45) is 5.92 Å². The second-order valence-corrected chi connectivity index (χ2v) is 7.32. The topological polar surface area (TPSA) is 85.3 Å². The first-order valence-corrected chi connectivity index (χ1v) is 9.80. The maximum absolute atomic E-state index is 13.4. The van der Waals surface area contributed by atoms with Crippen molar-refractivity contribution in [3.05, 3.63) is 72.3 Å². The molecular weight excluding hydrogens is 386 g/mol. The van der Waals surface area contributed by atoms with Gasteiger partial charge in [0.1, 0.15) is 6.61 Å². The number of carbonyl (C=O) groups excluding carboxylic acids is 2. The van der Waals surface area contributed by atoms with E-state index in [4.69, 9.17) is 14.2 Å². The Morgan fingerprint density at radius 1 is 1.17 bits per heavy atom. The van der Waals surface area contributed by atoms with E-state index in [1.807, 2.05) is 30.3 Å². The second kappa shape index (κ2) is 8.59. The summed E-state index contributed by atoms with van der Waals surface area (Å²) in [6, 6.07) is 14.2. The SMILES string of the molecule is C=CC[C@H](C(=O)N1C(=O)OC[C@@H]1Cc1ccccc1)[C@H](O)c1ccc2c(c1)OCO2. The van der Waals surface area contributed by atoms with E-state index in [9.17, 15) is 14.7 Å². The minimum Gasteiger partial charge on any atom is -0.454 e. The molecule has 2 aromatic carbocycles. The van der Waals surface area contributed by atoms with Crippen LogP contribution in [0.25, 0.3) is 0 Å². The van der Waals surface area contributed by atoms with Crippen LogP contribution in [0.5, 0.6) is 11.5 Å². The number of amides is 2. The first kappa shape index (κ1) is 20.0. The molecule has 7 heteroatoms. The Morgan fingerprint density at radius 2 is 1.93 bits per heavy atom. The molecule has 2 aliphatic rings. The van der Waals surface area contributed by atoms with E-state index in [2.05, 4.69) is 6.58 Å². The van der Waals surface area contributed by atoms with Gasteiger partial charge in [0, 0.05) is 0 Å². The van der Waals surface area contributed by atoms with Crippen LogP contribution in [0.4, 0.5) is 4.79 Å². The van der Waals surface area contributed by atoms with Crippen molar-refractivity contribution in [1.82, 2.24) is 4.90 Å². The lowest BCUT2D eigenvalue weighted by molar-refractivity contribution is -0.137. The zero-order valence-corrected chi connectivity index (χ0v) is 16.4. The first-order valence-electron chi connectivity index (χ1n) is 9.80. The van der Waals surface area contributed by atoms with E-state index in [-0.39, 0.29) is 19.8 Å². The zero-order chi connectivity index (χ0) is 21.1. The standard InChI is InChI=1S/C23H23NO6/c1-2-6-18(21(25)16-9-10-19-20(12-16)30-14-29-19)22(26)24-17(13-28-23(24)27)11-15-7-4-3-5-8-15/h2-5,7-10,12,17-18,21,25H,1,6,11,13-14H2/t17-,18-,21+/m0/s1. The van der Waals surface area contributed by atoms with Crippen LogP contribution in [0.3, 0.4) is 0 Å². The van der Waals surface area contributed by atoms with Gasteiger partial charge in [0.15, 0.2) is 11.5 Å². The van der Waals surface area contributed by atoms with Crippen molar-refractivity contribution in [1.29, 1.82) is 0 Å². The minimum absolute atomic E-state index is 0.116. The summed E-state index contributed by atoms with van der Waals surface area (Å²) in [5.74, 6) is -0.266. The van der Waals surface area contributed by atoms with Crippen LogP contribution < -0.4 is 9.47 Å². The fourth-order valence-electron chi connectivity index (χ4n) is 3.82. The summed E-state index contributed by atoms with van der Waals surface area (Å²) >= 11 is 0. The highest BCUT2D eigenvalue weighted by Crippen LogP contribution is 2.37. The fraction of sp³-hybridized carbons (Fsp3) is 0.304. The number of fused-ring (bicyclic) bond motifs is 1. The van der Waals surface area contributed by atoms with Crippen LogP contribution in [-0.4, -0.2) is 41.4 Å². The van der Waals surface area contributed by atoms with Crippen molar-refractivity contribution in [3.63, 3.8) is 0 Å². The Hall–Kier alpha value is -3.32. The van der Waals surface area contributed by atoms with Crippen LogP contribution >= 0.6 is 0 Å². The van der Waals surface area contributed by atoms with E-state index in [0.29, 0.717) is 23.5 Å². The van der Waals surface area contributed by atoms with Gasteiger partial charge >= 0.3 is 6.09 Å². The molecule has 7 nitrogen and oxygen atoms in total. The van der Waals surface area contributed by atoms with Crippen molar-refractivity contribution < 1.29 is 28.9 Å². The number of carbonyl (C=O) groups is 2. The van der Waals surface area contributed by atoms with Gasteiger partial charge in [0.25, 0.3) is 0 Å². The highest BCUT2D eigenvalue weighted by atomic mass is 16.7. The third-order valence-corrected chi connectivity index (χ3v) is 5.37. The molecule has 4 rings (SSSR count). The van der Waals surface area contributed by atoms with Crippen molar-refractivity contribution in [3.8, 4) is 11.5 Å². The molecule has 0 radical (unpaired) electrons. The number of rotatable bonds is 7. The normalized spacial score (nSPS) is 19.3. The molecule has 0 unspecified atom stereocenters. The molecule has 2 amide bonds. The first-order chi connectivity index (χ1) is 14.6. The Morgan fingerprint density at radius 3 is 2.70 bits per heavy atom. The Balaban J connectivity index is 1.57. The summed E-state index contributed by atoms with van der Waals surface area (Å²) in [6.45, 7) is 3.95. The molecule has 1 N–H and O–H groups in total. The number of aliphatic hydroxyl groups excluding tert-OH is 1. The number of imide groups is 1. The lowest BCUT2D eigenvalue weighted by atomic mass is 9.90. The van der Waals surface area contributed by atoms with Crippen LogP contribution in [0.15, 0.2) is 61.2 Å². The largest absolute Gasteiger partial charge is 0.454 e. The number of nitrogens with zero attached hydrogens (tertiary/aromatic N) is 1. The Bertz CT molecular complexity index is 944.